The molecule has 0 saturated carbocycles. The standard InChI is InChI=1S/C18H21Cl2N3O/c1-5-22(2)12-21-17-10-16(20)18(11-15(17)19)23(3)13-6-8-14(24-4)9-7-13/h6-12H,5H2,1-4H3/b21-12-. The zero-order chi connectivity index (χ0) is 17.7. The molecule has 0 aliphatic heterocycles. The number of hydrogen-bond donors (Lipinski definition) is 0. The highest BCUT2D eigenvalue weighted by Gasteiger charge is 2.12. The number of hydrogen-bond acceptors (Lipinski definition) is 3. The van der Waals surface area contributed by atoms with Gasteiger partial charge in [0, 0.05) is 26.3 Å². The number of methoxy groups -OCH3 is 1. The van der Waals surface area contributed by atoms with Gasteiger partial charge in [0.1, 0.15) is 5.75 Å². The molecule has 2 aromatic rings. The van der Waals surface area contributed by atoms with E-state index in [1.807, 2.05) is 61.2 Å². The fraction of sp³-hybridized carbons (Fsp3) is 0.278. The second-order valence-electron chi connectivity index (χ2n) is 5.33. The summed E-state index contributed by atoms with van der Waals surface area (Å²) in [5, 5.41) is 1.14. The molecule has 0 radical (unpaired) electrons. The molecular formula is C18H21Cl2N3O. The average molecular weight is 366 g/mol. The number of anilines is 2. The predicted molar refractivity (Wildman–Crippen MR) is 104 cm³/mol. The van der Waals surface area contributed by atoms with Gasteiger partial charge in [0.15, 0.2) is 0 Å². The largest absolute Gasteiger partial charge is 0.497 e. The van der Waals surface area contributed by atoms with Crippen LogP contribution in [0.3, 0.4) is 0 Å². The van der Waals surface area contributed by atoms with Gasteiger partial charge in [0.2, 0.25) is 0 Å². The minimum absolute atomic E-state index is 0.551. The summed E-state index contributed by atoms with van der Waals surface area (Å²) in [6, 6.07) is 11.3. The van der Waals surface area contributed by atoms with E-state index in [2.05, 4.69) is 4.99 Å². The maximum atomic E-state index is 6.44. The molecule has 6 heteroatoms. The van der Waals surface area contributed by atoms with Crippen LogP contribution in [0.1, 0.15) is 6.92 Å². The molecule has 24 heavy (non-hydrogen) atoms. The molecule has 0 spiro atoms. The quantitative estimate of drug-likeness (QED) is 0.507. The highest BCUT2D eigenvalue weighted by Crippen LogP contribution is 2.38. The number of rotatable bonds is 6. The molecule has 0 N–H and O–H groups in total. The fourth-order valence-corrected chi connectivity index (χ4v) is 2.56. The first-order valence-corrected chi connectivity index (χ1v) is 8.33. The second kappa shape index (κ2) is 8.27. The van der Waals surface area contributed by atoms with Crippen molar-refractivity contribution in [3.63, 3.8) is 0 Å². The Morgan fingerprint density at radius 1 is 1.08 bits per heavy atom. The van der Waals surface area contributed by atoms with Crippen molar-refractivity contribution in [2.24, 2.45) is 4.99 Å². The Morgan fingerprint density at radius 3 is 2.33 bits per heavy atom. The summed E-state index contributed by atoms with van der Waals surface area (Å²) in [7, 11) is 5.53. The van der Waals surface area contributed by atoms with E-state index in [0.29, 0.717) is 15.7 Å². The van der Waals surface area contributed by atoms with Crippen LogP contribution in [-0.4, -0.2) is 39.0 Å². The molecule has 0 saturated heterocycles. The molecular weight excluding hydrogens is 345 g/mol. The number of nitrogens with zero attached hydrogens (tertiary/aromatic N) is 3. The van der Waals surface area contributed by atoms with Crippen LogP contribution in [0.2, 0.25) is 10.0 Å². The van der Waals surface area contributed by atoms with E-state index < -0.39 is 0 Å². The molecule has 2 rings (SSSR count). The normalized spacial score (nSPS) is 10.9. The van der Waals surface area contributed by atoms with Gasteiger partial charge in [-0.15, -0.1) is 0 Å². The molecule has 0 aliphatic carbocycles. The molecule has 4 nitrogen and oxygen atoms in total. The van der Waals surface area contributed by atoms with Crippen LogP contribution in [0.5, 0.6) is 5.75 Å². The van der Waals surface area contributed by atoms with E-state index in [-0.39, 0.29) is 0 Å². The van der Waals surface area contributed by atoms with Gasteiger partial charge in [-0.25, -0.2) is 4.99 Å². The molecule has 0 amide bonds. The van der Waals surface area contributed by atoms with Crippen molar-refractivity contribution in [3.8, 4) is 5.75 Å². The fourth-order valence-electron chi connectivity index (χ4n) is 2.07. The third-order valence-corrected chi connectivity index (χ3v) is 4.34. The van der Waals surface area contributed by atoms with Gasteiger partial charge in [0.05, 0.1) is 34.9 Å². The molecule has 0 aromatic heterocycles. The van der Waals surface area contributed by atoms with Crippen molar-refractivity contribution in [1.29, 1.82) is 0 Å². The summed E-state index contributed by atoms with van der Waals surface area (Å²) in [5.41, 5.74) is 2.44. The van der Waals surface area contributed by atoms with E-state index in [1.165, 1.54) is 0 Å². The lowest BCUT2D eigenvalue weighted by molar-refractivity contribution is 0.415. The van der Waals surface area contributed by atoms with Gasteiger partial charge < -0.3 is 14.5 Å². The van der Waals surface area contributed by atoms with Gasteiger partial charge in [-0.2, -0.15) is 0 Å². The van der Waals surface area contributed by atoms with Gasteiger partial charge >= 0.3 is 0 Å². The van der Waals surface area contributed by atoms with Crippen LogP contribution in [0.15, 0.2) is 41.4 Å². The lowest BCUT2D eigenvalue weighted by atomic mass is 10.2. The molecule has 2 aromatic carbocycles. The van der Waals surface area contributed by atoms with Crippen molar-refractivity contribution in [3.05, 3.63) is 46.4 Å². The minimum atomic E-state index is 0.551. The van der Waals surface area contributed by atoms with Crippen molar-refractivity contribution in [2.75, 3.05) is 32.6 Å². The highest BCUT2D eigenvalue weighted by molar-refractivity contribution is 6.37. The zero-order valence-electron chi connectivity index (χ0n) is 14.3. The van der Waals surface area contributed by atoms with Crippen molar-refractivity contribution in [1.82, 2.24) is 4.90 Å². The first-order chi connectivity index (χ1) is 11.5. The number of aliphatic imine (C=N–C) groups is 1. The molecule has 0 unspecified atom stereocenters. The number of halogens is 2. The van der Waals surface area contributed by atoms with Gasteiger partial charge in [0.25, 0.3) is 0 Å². The van der Waals surface area contributed by atoms with Gasteiger partial charge in [-0.3, -0.25) is 0 Å². The van der Waals surface area contributed by atoms with E-state index in [9.17, 15) is 0 Å². The second-order valence-corrected chi connectivity index (χ2v) is 6.14. The maximum absolute atomic E-state index is 6.44. The summed E-state index contributed by atoms with van der Waals surface area (Å²) in [5.74, 6) is 0.806. The monoisotopic (exact) mass is 365 g/mol. The summed E-state index contributed by atoms with van der Waals surface area (Å²) in [4.78, 5) is 8.31. The lowest BCUT2D eigenvalue weighted by Crippen LogP contribution is -2.14. The van der Waals surface area contributed by atoms with Gasteiger partial charge in [-0.05, 0) is 43.3 Å². The van der Waals surface area contributed by atoms with Crippen LogP contribution in [0.4, 0.5) is 17.1 Å². The Morgan fingerprint density at radius 2 is 1.75 bits per heavy atom. The Kier molecular flexibility index (Phi) is 6.35. The first kappa shape index (κ1) is 18.4. The lowest BCUT2D eigenvalue weighted by Gasteiger charge is -2.22. The summed E-state index contributed by atoms with van der Waals surface area (Å²) < 4.78 is 5.18. The van der Waals surface area contributed by atoms with Crippen LogP contribution in [0, 0.1) is 0 Å². The van der Waals surface area contributed by atoms with Gasteiger partial charge in [-0.1, -0.05) is 23.2 Å². The van der Waals surface area contributed by atoms with Crippen molar-refractivity contribution >= 4 is 46.6 Å². The van der Waals surface area contributed by atoms with E-state index in [4.69, 9.17) is 27.9 Å². The molecule has 0 atom stereocenters. The Balaban J connectivity index is 2.30. The van der Waals surface area contributed by atoms with Crippen molar-refractivity contribution in [2.45, 2.75) is 6.92 Å². The van der Waals surface area contributed by atoms with Crippen LogP contribution >= 0.6 is 23.2 Å². The van der Waals surface area contributed by atoms with Crippen LogP contribution in [0.25, 0.3) is 0 Å². The number of ether oxygens (including phenoxy) is 1. The van der Waals surface area contributed by atoms with Crippen molar-refractivity contribution < 1.29 is 4.74 Å². The minimum Gasteiger partial charge on any atom is -0.497 e. The van der Waals surface area contributed by atoms with E-state index in [0.717, 1.165) is 23.7 Å². The Bertz CT molecular complexity index is 717. The number of benzene rings is 2. The molecule has 0 heterocycles. The smallest absolute Gasteiger partial charge is 0.119 e. The third-order valence-electron chi connectivity index (χ3n) is 3.73. The molecule has 0 fully saturated rings. The van der Waals surface area contributed by atoms with Crippen LogP contribution < -0.4 is 9.64 Å². The summed E-state index contributed by atoms with van der Waals surface area (Å²) >= 11 is 12.8. The van der Waals surface area contributed by atoms with E-state index >= 15 is 0 Å². The third kappa shape index (κ3) is 4.34. The Hall–Kier alpha value is -1.91. The summed E-state index contributed by atoms with van der Waals surface area (Å²) in [6.45, 7) is 2.92. The highest BCUT2D eigenvalue weighted by atomic mass is 35.5. The molecule has 128 valence electrons. The summed E-state index contributed by atoms with van der Waals surface area (Å²) in [6.07, 6.45) is 1.74. The maximum Gasteiger partial charge on any atom is 0.119 e. The average Bonchev–Trinajstić information content (AvgIpc) is 2.61. The Labute approximate surface area is 153 Å². The SMILES string of the molecule is CCN(C)/C=N\c1cc(Cl)c(N(C)c2ccc(OC)cc2)cc1Cl. The topological polar surface area (TPSA) is 28.1 Å². The van der Waals surface area contributed by atoms with Crippen LogP contribution in [-0.2, 0) is 0 Å². The van der Waals surface area contributed by atoms with E-state index in [1.54, 1.807) is 19.5 Å². The molecule has 0 bridgehead atoms. The first-order valence-electron chi connectivity index (χ1n) is 7.57. The molecule has 0 aliphatic rings. The predicted octanol–water partition coefficient (Wildman–Crippen LogP) is 5.38. The zero-order valence-corrected chi connectivity index (χ0v) is 15.8.